The number of aliphatic hydroxyl groups is 1. The number of aromatic nitrogens is 2. The Hall–Kier alpha value is -0.830. The van der Waals surface area contributed by atoms with Crippen LogP contribution >= 0.6 is 0 Å². The molecule has 0 bridgehead atoms. The normalized spacial score (nSPS) is 10.0. The molecule has 0 aliphatic carbocycles. The lowest BCUT2D eigenvalue weighted by atomic mass is 10.4. The molecule has 50 valence electrons. The van der Waals surface area contributed by atoms with Crippen molar-refractivity contribution in [1.29, 1.82) is 0 Å². The fraction of sp³-hybridized carbons (Fsp3) is 0.500. The van der Waals surface area contributed by atoms with Gasteiger partial charge in [-0.05, 0) is 6.92 Å². The SMILES string of the molecule is Cc1c[nH]c(CCO)n1. The zero-order valence-corrected chi connectivity index (χ0v) is 5.39. The quantitative estimate of drug-likeness (QED) is 0.597. The van der Waals surface area contributed by atoms with Gasteiger partial charge in [-0.25, -0.2) is 4.98 Å². The topological polar surface area (TPSA) is 48.9 Å². The zero-order chi connectivity index (χ0) is 6.69. The van der Waals surface area contributed by atoms with Gasteiger partial charge in [-0.2, -0.15) is 0 Å². The summed E-state index contributed by atoms with van der Waals surface area (Å²) in [6.45, 7) is 2.07. The second kappa shape index (κ2) is 2.64. The number of rotatable bonds is 2. The highest BCUT2D eigenvalue weighted by molar-refractivity contribution is 4.97. The molecule has 1 heterocycles. The highest BCUT2D eigenvalue weighted by Crippen LogP contribution is 1.93. The average molecular weight is 126 g/mol. The van der Waals surface area contributed by atoms with Crippen molar-refractivity contribution in [2.24, 2.45) is 0 Å². The summed E-state index contributed by atoms with van der Waals surface area (Å²) >= 11 is 0. The van der Waals surface area contributed by atoms with Gasteiger partial charge in [0.15, 0.2) is 0 Å². The average Bonchev–Trinajstić information content (AvgIpc) is 2.17. The number of hydrogen-bond acceptors (Lipinski definition) is 2. The molecule has 3 nitrogen and oxygen atoms in total. The molecular formula is C6H10N2O. The maximum atomic E-state index is 8.47. The number of imidazole rings is 1. The van der Waals surface area contributed by atoms with Crippen LogP contribution in [-0.4, -0.2) is 21.7 Å². The minimum absolute atomic E-state index is 0.160. The third-order valence-corrected chi connectivity index (χ3v) is 1.11. The number of hydrogen-bond donors (Lipinski definition) is 2. The van der Waals surface area contributed by atoms with E-state index in [1.807, 2.05) is 13.1 Å². The van der Waals surface area contributed by atoms with E-state index in [0.717, 1.165) is 11.5 Å². The first-order chi connectivity index (χ1) is 4.33. The van der Waals surface area contributed by atoms with Gasteiger partial charge in [-0.3, -0.25) is 0 Å². The van der Waals surface area contributed by atoms with E-state index in [-0.39, 0.29) is 6.61 Å². The van der Waals surface area contributed by atoms with E-state index in [1.165, 1.54) is 0 Å². The number of H-pyrrole nitrogens is 1. The lowest BCUT2D eigenvalue weighted by Gasteiger charge is -1.86. The van der Waals surface area contributed by atoms with Gasteiger partial charge in [-0.1, -0.05) is 0 Å². The lowest BCUT2D eigenvalue weighted by Crippen LogP contribution is -1.92. The molecule has 0 radical (unpaired) electrons. The first kappa shape index (κ1) is 6.29. The molecule has 0 saturated carbocycles. The Morgan fingerprint density at radius 3 is 3.00 bits per heavy atom. The van der Waals surface area contributed by atoms with E-state index in [9.17, 15) is 0 Å². The van der Waals surface area contributed by atoms with Crippen LogP contribution in [0.3, 0.4) is 0 Å². The van der Waals surface area contributed by atoms with Crippen LogP contribution in [-0.2, 0) is 6.42 Å². The summed E-state index contributed by atoms with van der Waals surface area (Å²) in [5.41, 5.74) is 0.971. The van der Waals surface area contributed by atoms with Crippen molar-refractivity contribution in [1.82, 2.24) is 9.97 Å². The molecule has 0 aliphatic rings. The monoisotopic (exact) mass is 126 g/mol. The molecule has 9 heavy (non-hydrogen) atoms. The standard InChI is InChI=1S/C6H10N2O/c1-5-4-7-6(8-5)2-3-9/h4,9H,2-3H2,1H3,(H,7,8). The first-order valence-corrected chi connectivity index (χ1v) is 2.94. The molecule has 0 atom stereocenters. The molecule has 0 aliphatic heterocycles. The van der Waals surface area contributed by atoms with Crippen LogP contribution in [0.2, 0.25) is 0 Å². The van der Waals surface area contributed by atoms with Crippen LogP contribution in [0, 0.1) is 6.92 Å². The number of nitrogens with zero attached hydrogens (tertiary/aromatic N) is 1. The third-order valence-electron chi connectivity index (χ3n) is 1.11. The van der Waals surface area contributed by atoms with Gasteiger partial charge < -0.3 is 10.1 Å². The van der Waals surface area contributed by atoms with Gasteiger partial charge in [0.25, 0.3) is 0 Å². The van der Waals surface area contributed by atoms with Gasteiger partial charge in [-0.15, -0.1) is 0 Å². The molecule has 1 aromatic heterocycles. The first-order valence-electron chi connectivity index (χ1n) is 2.94. The molecule has 0 saturated heterocycles. The number of aliphatic hydroxyl groups excluding tert-OH is 1. The Kier molecular flexibility index (Phi) is 1.85. The summed E-state index contributed by atoms with van der Waals surface area (Å²) in [4.78, 5) is 7.02. The summed E-state index contributed by atoms with van der Waals surface area (Å²) < 4.78 is 0. The Balaban J connectivity index is 2.61. The molecule has 0 spiro atoms. The zero-order valence-electron chi connectivity index (χ0n) is 5.39. The molecule has 0 amide bonds. The van der Waals surface area contributed by atoms with Gasteiger partial charge in [0, 0.05) is 12.6 Å². The van der Waals surface area contributed by atoms with E-state index < -0.39 is 0 Å². The van der Waals surface area contributed by atoms with Gasteiger partial charge in [0.05, 0.1) is 12.3 Å². The number of aromatic amines is 1. The predicted octanol–water partition coefficient (Wildman–Crippen LogP) is 0.253. The van der Waals surface area contributed by atoms with Crippen molar-refractivity contribution in [3.05, 3.63) is 17.7 Å². The molecule has 1 aromatic rings. The van der Waals surface area contributed by atoms with Crippen molar-refractivity contribution in [2.45, 2.75) is 13.3 Å². The van der Waals surface area contributed by atoms with Crippen LogP contribution in [0.15, 0.2) is 6.20 Å². The van der Waals surface area contributed by atoms with Crippen molar-refractivity contribution in [2.75, 3.05) is 6.61 Å². The molecular weight excluding hydrogens is 116 g/mol. The molecule has 0 aromatic carbocycles. The van der Waals surface area contributed by atoms with E-state index in [4.69, 9.17) is 5.11 Å². The summed E-state index contributed by atoms with van der Waals surface area (Å²) in [7, 11) is 0. The van der Waals surface area contributed by atoms with Crippen molar-refractivity contribution < 1.29 is 5.11 Å². The third kappa shape index (κ3) is 1.54. The second-order valence-electron chi connectivity index (χ2n) is 1.96. The second-order valence-corrected chi connectivity index (χ2v) is 1.96. The van der Waals surface area contributed by atoms with Crippen LogP contribution < -0.4 is 0 Å². The lowest BCUT2D eigenvalue weighted by molar-refractivity contribution is 0.297. The molecule has 0 unspecified atom stereocenters. The summed E-state index contributed by atoms with van der Waals surface area (Å²) in [6.07, 6.45) is 2.44. The number of nitrogens with one attached hydrogen (secondary N) is 1. The van der Waals surface area contributed by atoms with Crippen molar-refractivity contribution in [3.8, 4) is 0 Å². The predicted molar refractivity (Wildman–Crippen MR) is 34.1 cm³/mol. The van der Waals surface area contributed by atoms with Gasteiger partial charge >= 0.3 is 0 Å². The Labute approximate surface area is 53.7 Å². The minimum Gasteiger partial charge on any atom is -0.396 e. The maximum Gasteiger partial charge on any atom is 0.108 e. The van der Waals surface area contributed by atoms with E-state index in [1.54, 1.807) is 0 Å². The molecule has 0 fully saturated rings. The molecule has 1 rings (SSSR count). The van der Waals surface area contributed by atoms with E-state index in [0.29, 0.717) is 6.42 Å². The largest absolute Gasteiger partial charge is 0.396 e. The van der Waals surface area contributed by atoms with Crippen LogP contribution in [0.4, 0.5) is 0 Å². The summed E-state index contributed by atoms with van der Waals surface area (Å²) in [5.74, 6) is 0.856. The number of aryl methyl sites for hydroxylation is 1. The fourth-order valence-electron chi connectivity index (χ4n) is 0.699. The summed E-state index contributed by atoms with van der Waals surface area (Å²) in [6, 6.07) is 0. The maximum absolute atomic E-state index is 8.47. The van der Waals surface area contributed by atoms with Gasteiger partial charge in [0.1, 0.15) is 5.82 Å². The molecule has 2 N–H and O–H groups in total. The van der Waals surface area contributed by atoms with Crippen LogP contribution in [0.25, 0.3) is 0 Å². The smallest absolute Gasteiger partial charge is 0.108 e. The highest BCUT2D eigenvalue weighted by atomic mass is 16.3. The Morgan fingerprint density at radius 2 is 2.56 bits per heavy atom. The van der Waals surface area contributed by atoms with Gasteiger partial charge in [0.2, 0.25) is 0 Å². The van der Waals surface area contributed by atoms with E-state index in [2.05, 4.69) is 9.97 Å². The molecule has 3 heteroatoms. The Morgan fingerprint density at radius 1 is 1.78 bits per heavy atom. The minimum atomic E-state index is 0.160. The summed E-state index contributed by atoms with van der Waals surface area (Å²) in [5, 5.41) is 8.47. The van der Waals surface area contributed by atoms with E-state index >= 15 is 0 Å². The Bertz CT molecular complexity index is 183. The van der Waals surface area contributed by atoms with Crippen molar-refractivity contribution >= 4 is 0 Å². The van der Waals surface area contributed by atoms with Crippen LogP contribution in [0.5, 0.6) is 0 Å². The fourth-order valence-corrected chi connectivity index (χ4v) is 0.699. The van der Waals surface area contributed by atoms with Crippen LogP contribution in [0.1, 0.15) is 11.5 Å². The van der Waals surface area contributed by atoms with Crippen molar-refractivity contribution in [3.63, 3.8) is 0 Å². The highest BCUT2D eigenvalue weighted by Gasteiger charge is 1.93.